The molecule has 1 aliphatic heterocycles. The highest BCUT2D eigenvalue weighted by Crippen LogP contribution is 2.32. The van der Waals surface area contributed by atoms with E-state index in [1.807, 2.05) is 13.8 Å². The van der Waals surface area contributed by atoms with Crippen LogP contribution in [0.1, 0.15) is 44.0 Å². The number of nitrogens with zero attached hydrogens (tertiary/aromatic N) is 1. The van der Waals surface area contributed by atoms with Crippen LogP contribution in [0.15, 0.2) is 0 Å². The SMILES string of the molecule is CC(C)NC(=O)c1c(N)nsc1NCC1(C)CCOCC1. The fourth-order valence-corrected chi connectivity index (χ4v) is 3.02. The average molecular weight is 312 g/mol. The fraction of sp³-hybridized carbons (Fsp3) is 0.714. The molecule has 2 rings (SSSR count). The van der Waals surface area contributed by atoms with Crippen LogP contribution in [-0.2, 0) is 4.74 Å². The lowest BCUT2D eigenvalue weighted by Crippen LogP contribution is -2.34. The van der Waals surface area contributed by atoms with Crippen molar-refractivity contribution in [3.8, 4) is 0 Å². The number of nitrogen functional groups attached to an aromatic ring is 1. The molecule has 1 fully saturated rings. The molecule has 7 heteroatoms. The van der Waals surface area contributed by atoms with Crippen molar-refractivity contribution < 1.29 is 9.53 Å². The third-order valence-corrected chi connectivity index (χ3v) is 4.56. The number of hydrogen-bond donors (Lipinski definition) is 3. The van der Waals surface area contributed by atoms with Gasteiger partial charge in [-0.25, -0.2) is 0 Å². The number of nitrogens with two attached hydrogens (primary N) is 1. The molecule has 0 saturated carbocycles. The summed E-state index contributed by atoms with van der Waals surface area (Å²) in [6, 6.07) is 0.0673. The Hall–Kier alpha value is -1.34. The molecule has 0 unspecified atom stereocenters. The second-order valence-corrected chi connectivity index (χ2v) is 6.95. The van der Waals surface area contributed by atoms with E-state index in [-0.39, 0.29) is 23.2 Å². The number of anilines is 2. The first-order valence-electron chi connectivity index (χ1n) is 7.29. The van der Waals surface area contributed by atoms with Gasteiger partial charge in [0.2, 0.25) is 0 Å². The summed E-state index contributed by atoms with van der Waals surface area (Å²) < 4.78 is 9.51. The van der Waals surface area contributed by atoms with Crippen molar-refractivity contribution >= 4 is 28.3 Å². The summed E-state index contributed by atoms with van der Waals surface area (Å²) in [6.07, 6.45) is 2.03. The van der Waals surface area contributed by atoms with Crippen molar-refractivity contribution in [3.05, 3.63) is 5.56 Å². The van der Waals surface area contributed by atoms with Crippen LogP contribution in [0.2, 0.25) is 0 Å². The number of carbonyl (C=O) groups is 1. The predicted octanol–water partition coefficient (Wildman–Crippen LogP) is 2.09. The van der Waals surface area contributed by atoms with Gasteiger partial charge < -0.3 is 21.1 Å². The summed E-state index contributed by atoms with van der Waals surface area (Å²) in [7, 11) is 0. The maximum Gasteiger partial charge on any atom is 0.258 e. The van der Waals surface area contributed by atoms with Gasteiger partial charge in [0.1, 0.15) is 10.6 Å². The molecule has 0 radical (unpaired) electrons. The Morgan fingerprint density at radius 1 is 1.48 bits per heavy atom. The van der Waals surface area contributed by atoms with Gasteiger partial charge in [0, 0.05) is 25.8 Å². The fourth-order valence-electron chi connectivity index (χ4n) is 2.31. The zero-order chi connectivity index (χ0) is 15.5. The molecular weight excluding hydrogens is 288 g/mol. The number of aromatic nitrogens is 1. The number of hydrogen-bond acceptors (Lipinski definition) is 6. The lowest BCUT2D eigenvalue weighted by molar-refractivity contribution is 0.0300. The van der Waals surface area contributed by atoms with Gasteiger partial charge in [-0.3, -0.25) is 4.79 Å². The molecule has 0 spiro atoms. The Morgan fingerprint density at radius 3 is 2.76 bits per heavy atom. The molecule has 118 valence electrons. The largest absolute Gasteiger partial charge is 0.382 e. The molecule has 2 heterocycles. The van der Waals surface area contributed by atoms with Crippen LogP contribution in [-0.4, -0.2) is 36.1 Å². The van der Waals surface area contributed by atoms with E-state index in [1.54, 1.807) is 0 Å². The third kappa shape index (κ3) is 4.07. The Morgan fingerprint density at radius 2 is 2.14 bits per heavy atom. The number of rotatable bonds is 5. The Kier molecular flexibility index (Phi) is 5.05. The molecule has 21 heavy (non-hydrogen) atoms. The smallest absolute Gasteiger partial charge is 0.258 e. The number of ether oxygens (including phenoxy) is 1. The van der Waals surface area contributed by atoms with Gasteiger partial charge in [0.25, 0.3) is 5.91 Å². The van der Waals surface area contributed by atoms with Gasteiger partial charge in [-0.15, -0.1) is 0 Å². The van der Waals surface area contributed by atoms with Crippen molar-refractivity contribution in [2.45, 2.75) is 39.7 Å². The minimum atomic E-state index is -0.170. The predicted molar refractivity (Wildman–Crippen MR) is 85.8 cm³/mol. The topological polar surface area (TPSA) is 89.3 Å². The van der Waals surface area contributed by atoms with E-state index in [9.17, 15) is 4.79 Å². The van der Waals surface area contributed by atoms with E-state index in [2.05, 4.69) is 21.9 Å². The highest BCUT2D eigenvalue weighted by molar-refractivity contribution is 7.11. The summed E-state index contributed by atoms with van der Waals surface area (Å²) in [6.45, 7) is 8.46. The molecule has 1 aromatic heterocycles. The van der Waals surface area contributed by atoms with Crippen LogP contribution in [0.3, 0.4) is 0 Å². The van der Waals surface area contributed by atoms with Crippen LogP contribution in [0.5, 0.6) is 0 Å². The quantitative estimate of drug-likeness (QED) is 0.774. The van der Waals surface area contributed by atoms with Gasteiger partial charge in [-0.2, -0.15) is 4.37 Å². The Labute approximate surface area is 129 Å². The van der Waals surface area contributed by atoms with Crippen LogP contribution in [0, 0.1) is 5.41 Å². The molecule has 0 aromatic carbocycles. The Bertz CT molecular complexity index is 495. The second-order valence-electron chi connectivity index (χ2n) is 6.18. The molecule has 0 aliphatic carbocycles. The average Bonchev–Trinajstić information content (AvgIpc) is 2.78. The minimum Gasteiger partial charge on any atom is -0.382 e. The van der Waals surface area contributed by atoms with Crippen LogP contribution >= 0.6 is 11.5 Å². The lowest BCUT2D eigenvalue weighted by atomic mass is 9.82. The van der Waals surface area contributed by atoms with Crippen molar-refractivity contribution in [2.24, 2.45) is 5.41 Å². The van der Waals surface area contributed by atoms with Crippen LogP contribution < -0.4 is 16.4 Å². The van der Waals surface area contributed by atoms with Gasteiger partial charge in [-0.1, -0.05) is 6.92 Å². The molecule has 4 N–H and O–H groups in total. The zero-order valence-electron chi connectivity index (χ0n) is 12.9. The van der Waals surface area contributed by atoms with Gasteiger partial charge in [0.05, 0.1) is 0 Å². The van der Waals surface area contributed by atoms with E-state index < -0.39 is 0 Å². The molecule has 0 bridgehead atoms. The summed E-state index contributed by atoms with van der Waals surface area (Å²) >= 11 is 1.24. The second kappa shape index (κ2) is 6.62. The van der Waals surface area contributed by atoms with Crippen LogP contribution in [0.4, 0.5) is 10.8 Å². The van der Waals surface area contributed by atoms with E-state index in [0.29, 0.717) is 5.56 Å². The maximum absolute atomic E-state index is 12.2. The standard InChI is InChI=1S/C14H24N4O2S/c1-9(2)17-12(19)10-11(15)18-21-13(10)16-8-14(3)4-6-20-7-5-14/h9,16H,4-8H2,1-3H3,(H2,15,18)(H,17,19). The van der Waals surface area contributed by atoms with E-state index in [4.69, 9.17) is 10.5 Å². The van der Waals surface area contributed by atoms with Gasteiger partial charge in [-0.05, 0) is 43.6 Å². The molecule has 1 aliphatic rings. The zero-order valence-corrected chi connectivity index (χ0v) is 13.7. The molecule has 1 aromatic rings. The molecule has 0 atom stereocenters. The van der Waals surface area contributed by atoms with E-state index in [1.165, 1.54) is 11.5 Å². The minimum absolute atomic E-state index is 0.0673. The van der Waals surface area contributed by atoms with Gasteiger partial charge >= 0.3 is 0 Å². The first kappa shape index (κ1) is 16.0. The van der Waals surface area contributed by atoms with Crippen molar-refractivity contribution in [1.29, 1.82) is 0 Å². The Balaban J connectivity index is 2.05. The normalized spacial score (nSPS) is 17.7. The maximum atomic E-state index is 12.2. The first-order valence-corrected chi connectivity index (χ1v) is 8.06. The summed E-state index contributed by atoms with van der Waals surface area (Å²) in [4.78, 5) is 12.2. The summed E-state index contributed by atoms with van der Waals surface area (Å²) in [5, 5.41) is 6.97. The van der Waals surface area contributed by atoms with Crippen molar-refractivity contribution in [3.63, 3.8) is 0 Å². The number of carbonyl (C=O) groups excluding carboxylic acids is 1. The number of nitrogens with one attached hydrogen (secondary N) is 2. The monoisotopic (exact) mass is 312 g/mol. The third-order valence-electron chi connectivity index (χ3n) is 3.74. The summed E-state index contributed by atoms with van der Waals surface area (Å²) in [5.41, 5.74) is 6.48. The molecule has 1 amide bonds. The van der Waals surface area contributed by atoms with Gasteiger partial charge in [0.15, 0.2) is 5.82 Å². The van der Waals surface area contributed by atoms with E-state index in [0.717, 1.165) is 37.6 Å². The first-order chi connectivity index (χ1) is 9.91. The lowest BCUT2D eigenvalue weighted by Gasteiger charge is -2.33. The van der Waals surface area contributed by atoms with Crippen molar-refractivity contribution in [2.75, 3.05) is 30.8 Å². The molecular formula is C14H24N4O2S. The highest BCUT2D eigenvalue weighted by atomic mass is 32.1. The molecule has 6 nitrogen and oxygen atoms in total. The number of amides is 1. The summed E-state index contributed by atoms with van der Waals surface area (Å²) in [5.74, 6) is 0.119. The van der Waals surface area contributed by atoms with E-state index >= 15 is 0 Å². The van der Waals surface area contributed by atoms with Crippen molar-refractivity contribution in [1.82, 2.24) is 9.69 Å². The van der Waals surface area contributed by atoms with Crippen LogP contribution in [0.25, 0.3) is 0 Å². The molecule has 1 saturated heterocycles. The highest BCUT2D eigenvalue weighted by Gasteiger charge is 2.28.